The largest absolute Gasteiger partial charge is 0.477 e. The summed E-state index contributed by atoms with van der Waals surface area (Å²) in [6, 6.07) is 7.30. The molecule has 0 saturated carbocycles. The zero-order valence-corrected chi connectivity index (χ0v) is 15.9. The molecule has 0 aliphatic carbocycles. The molecule has 1 N–H and O–H groups in total. The first kappa shape index (κ1) is 18.9. The Hall–Kier alpha value is -2.83. The van der Waals surface area contributed by atoms with Gasteiger partial charge in [0.2, 0.25) is 5.91 Å². The van der Waals surface area contributed by atoms with Gasteiger partial charge in [0.1, 0.15) is 11.5 Å². The highest BCUT2D eigenvalue weighted by molar-refractivity contribution is 5.97. The van der Waals surface area contributed by atoms with E-state index in [0.29, 0.717) is 30.8 Å². The average Bonchev–Trinajstić information content (AvgIpc) is 3.00. The van der Waals surface area contributed by atoms with Crippen molar-refractivity contribution in [2.45, 2.75) is 46.1 Å². The summed E-state index contributed by atoms with van der Waals surface area (Å²) in [6.45, 7) is 6.49. The fourth-order valence-electron chi connectivity index (χ4n) is 3.19. The van der Waals surface area contributed by atoms with Crippen molar-refractivity contribution in [3.63, 3.8) is 0 Å². The first-order valence-electron chi connectivity index (χ1n) is 9.26. The number of nitrogens with zero attached hydrogens (tertiary/aromatic N) is 2. The summed E-state index contributed by atoms with van der Waals surface area (Å²) >= 11 is 0. The Balaban J connectivity index is 1.75. The second-order valence-electron chi connectivity index (χ2n) is 6.67. The number of fused-ring (bicyclic) bond motifs is 1. The van der Waals surface area contributed by atoms with Crippen molar-refractivity contribution in [3.8, 4) is 5.75 Å². The maximum Gasteiger partial charge on any atom is 0.262 e. The van der Waals surface area contributed by atoms with Crippen LogP contribution in [0.1, 0.15) is 36.8 Å². The van der Waals surface area contributed by atoms with E-state index in [1.807, 2.05) is 39.0 Å². The molecule has 0 bridgehead atoms. The van der Waals surface area contributed by atoms with Gasteiger partial charge in [0.25, 0.3) is 5.91 Å². The molecule has 144 valence electrons. The highest BCUT2D eigenvalue weighted by Crippen LogP contribution is 2.33. The summed E-state index contributed by atoms with van der Waals surface area (Å²) in [4.78, 5) is 27.0. The van der Waals surface area contributed by atoms with Gasteiger partial charge in [-0.1, -0.05) is 24.2 Å². The summed E-state index contributed by atoms with van der Waals surface area (Å²) < 4.78 is 11.0. The molecule has 1 aromatic heterocycles. The summed E-state index contributed by atoms with van der Waals surface area (Å²) in [5, 5.41) is 6.77. The van der Waals surface area contributed by atoms with Crippen LogP contribution in [-0.4, -0.2) is 36.2 Å². The van der Waals surface area contributed by atoms with Crippen LogP contribution in [0.25, 0.3) is 0 Å². The highest BCUT2D eigenvalue weighted by atomic mass is 16.5. The number of ether oxygens (including phenoxy) is 1. The smallest absolute Gasteiger partial charge is 0.262 e. The van der Waals surface area contributed by atoms with E-state index < -0.39 is 6.10 Å². The van der Waals surface area contributed by atoms with Gasteiger partial charge in [0.05, 0.1) is 17.9 Å². The predicted molar refractivity (Wildman–Crippen MR) is 101 cm³/mol. The van der Waals surface area contributed by atoms with Crippen molar-refractivity contribution in [1.29, 1.82) is 0 Å². The lowest BCUT2D eigenvalue weighted by atomic mass is 10.1. The van der Waals surface area contributed by atoms with Crippen LogP contribution in [0.4, 0.5) is 5.69 Å². The zero-order valence-electron chi connectivity index (χ0n) is 15.9. The quantitative estimate of drug-likeness (QED) is 0.843. The molecule has 0 radical (unpaired) electrons. The minimum Gasteiger partial charge on any atom is -0.477 e. The Bertz CT molecular complexity index is 811. The highest BCUT2D eigenvalue weighted by Gasteiger charge is 2.33. The minimum atomic E-state index is -0.713. The van der Waals surface area contributed by atoms with Gasteiger partial charge in [0, 0.05) is 18.5 Å². The minimum absolute atomic E-state index is 0.0564. The standard InChI is InChI=1S/C20H25N3O4/c1-4-11-21-20(25)18-12-23(16-7-5-6-8-17(16)26-18)19(24)10-9-15-13(2)22-27-14(15)3/h5-8,18H,4,9-12H2,1-3H3,(H,21,25)/t18-/m0/s1. The number of aryl methyl sites for hydroxylation is 2. The zero-order chi connectivity index (χ0) is 19.4. The van der Waals surface area contributed by atoms with Crippen molar-refractivity contribution in [2.75, 3.05) is 18.0 Å². The molecule has 7 heteroatoms. The van der Waals surface area contributed by atoms with Crippen molar-refractivity contribution in [3.05, 3.63) is 41.3 Å². The molecule has 2 heterocycles. The second-order valence-corrected chi connectivity index (χ2v) is 6.67. The average molecular weight is 371 g/mol. The van der Waals surface area contributed by atoms with Gasteiger partial charge < -0.3 is 19.5 Å². The Morgan fingerprint density at radius 3 is 2.78 bits per heavy atom. The molecule has 1 aromatic carbocycles. The van der Waals surface area contributed by atoms with Gasteiger partial charge in [-0.2, -0.15) is 0 Å². The first-order chi connectivity index (χ1) is 13.0. The van der Waals surface area contributed by atoms with Gasteiger partial charge >= 0.3 is 0 Å². The van der Waals surface area contributed by atoms with Gasteiger partial charge in [-0.15, -0.1) is 0 Å². The van der Waals surface area contributed by atoms with Crippen molar-refractivity contribution in [1.82, 2.24) is 10.5 Å². The maximum absolute atomic E-state index is 12.9. The third-order valence-electron chi connectivity index (χ3n) is 4.69. The molecule has 2 aromatic rings. The van der Waals surface area contributed by atoms with E-state index in [2.05, 4.69) is 10.5 Å². The molecule has 3 rings (SSSR count). The molecule has 2 amide bonds. The van der Waals surface area contributed by atoms with Crippen LogP contribution in [-0.2, 0) is 16.0 Å². The molecule has 0 spiro atoms. The van der Waals surface area contributed by atoms with E-state index >= 15 is 0 Å². The van der Waals surface area contributed by atoms with Gasteiger partial charge in [-0.3, -0.25) is 9.59 Å². The number of anilines is 1. The lowest BCUT2D eigenvalue weighted by molar-refractivity contribution is -0.128. The fourth-order valence-corrected chi connectivity index (χ4v) is 3.19. The number of hydrogen-bond donors (Lipinski definition) is 1. The van der Waals surface area contributed by atoms with E-state index in [1.165, 1.54) is 0 Å². The van der Waals surface area contributed by atoms with Crippen molar-refractivity contribution < 1.29 is 18.8 Å². The first-order valence-corrected chi connectivity index (χ1v) is 9.26. The van der Waals surface area contributed by atoms with Crippen LogP contribution >= 0.6 is 0 Å². The van der Waals surface area contributed by atoms with E-state index in [9.17, 15) is 9.59 Å². The van der Waals surface area contributed by atoms with E-state index in [4.69, 9.17) is 9.26 Å². The number of nitrogens with one attached hydrogen (secondary N) is 1. The molecule has 0 fully saturated rings. The summed E-state index contributed by atoms with van der Waals surface area (Å²) in [5.74, 6) is 1.03. The molecular formula is C20H25N3O4. The SMILES string of the molecule is CCCNC(=O)[C@@H]1CN(C(=O)CCc2c(C)noc2C)c2ccccc2O1. The number of carbonyl (C=O) groups excluding carboxylic acids is 2. The number of benzene rings is 1. The third kappa shape index (κ3) is 4.13. The van der Waals surface area contributed by atoms with Crippen LogP contribution in [0, 0.1) is 13.8 Å². The van der Waals surface area contributed by atoms with E-state index in [-0.39, 0.29) is 18.4 Å². The van der Waals surface area contributed by atoms with Crippen LogP contribution < -0.4 is 15.0 Å². The molecule has 1 aliphatic heterocycles. The number of carbonyl (C=O) groups is 2. The van der Waals surface area contributed by atoms with Crippen LogP contribution in [0.2, 0.25) is 0 Å². The predicted octanol–water partition coefficient (Wildman–Crippen LogP) is 2.54. The lowest BCUT2D eigenvalue weighted by Crippen LogP contribution is -2.51. The van der Waals surface area contributed by atoms with Gasteiger partial charge in [-0.25, -0.2) is 0 Å². The normalized spacial score (nSPS) is 15.8. The monoisotopic (exact) mass is 371 g/mol. The van der Waals surface area contributed by atoms with Crippen LogP contribution in [0.5, 0.6) is 5.75 Å². The summed E-state index contributed by atoms with van der Waals surface area (Å²) in [7, 11) is 0. The van der Waals surface area contributed by atoms with Crippen LogP contribution in [0.3, 0.4) is 0 Å². The number of para-hydroxylation sites is 2. The molecular weight excluding hydrogens is 346 g/mol. The third-order valence-corrected chi connectivity index (χ3v) is 4.69. The Morgan fingerprint density at radius 2 is 2.07 bits per heavy atom. The molecule has 1 aliphatic rings. The Morgan fingerprint density at radius 1 is 1.30 bits per heavy atom. The number of rotatable bonds is 6. The Kier molecular flexibility index (Phi) is 5.78. The van der Waals surface area contributed by atoms with Crippen LogP contribution in [0.15, 0.2) is 28.8 Å². The molecule has 7 nitrogen and oxygen atoms in total. The lowest BCUT2D eigenvalue weighted by Gasteiger charge is -2.34. The second kappa shape index (κ2) is 8.24. The summed E-state index contributed by atoms with van der Waals surface area (Å²) in [5.41, 5.74) is 2.46. The van der Waals surface area contributed by atoms with Crippen molar-refractivity contribution in [2.24, 2.45) is 0 Å². The van der Waals surface area contributed by atoms with E-state index in [0.717, 1.165) is 23.4 Å². The maximum atomic E-state index is 12.9. The molecule has 27 heavy (non-hydrogen) atoms. The molecule has 1 atom stereocenters. The summed E-state index contributed by atoms with van der Waals surface area (Å²) in [6.07, 6.45) is 0.983. The number of aromatic nitrogens is 1. The van der Waals surface area contributed by atoms with E-state index in [1.54, 1.807) is 11.0 Å². The fraction of sp³-hybridized carbons (Fsp3) is 0.450. The van der Waals surface area contributed by atoms with Gasteiger partial charge in [-0.05, 0) is 38.8 Å². The topological polar surface area (TPSA) is 84.7 Å². The molecule has 0 saturated heterocycles. The van der Waals surface area contributed by atoms with Crippen molar-refractivity contribution >= 4 is 17.5 Å². The number of hydrogen-bond acceptors (Lipinski definition) is 5. The van der Waals surface area contributed by atoms with Gasteiger partial charge in [0.15, 0.2) is 6.10 Å². The Labute approximate surface area is 158 Å². The molecule has 0 unspecified atom stereocenters. The number of amides is 2.